The van der Waals surface area contributed by atoms with Crippen LogP contribution in [0, 0.1) is 11.8 Å². The Bertz CT molecular complexity index is 321. The number of carbonyl (C=O) groups excluding carboxylic acids is 1. The van der Waals surface area contributed by atoms with E-state index in [0.717, 1.165) is 12.8 Å². The summed E-state index contributed by atoms with van der Waals surface area (Å²) in [5, 5.41) is 0. The molecule has 2 bridgehead atoms. The molecule has 4 nitrogen and oxygen atoms in total. The lowest BCUT2D eigenvalue weighted by Gasteiger charge is -2.49. The number of ether oxygens (including phenoxy) is 2. The molecule has 2 saturated heterocycles. The van der Waals surface area contributed by atoms with Crippen molar-refractivity contribution in [1.82, 2.24) is 4.90 Å². The minimum absolute atomic E-state index is 0.173. The van der Waals surface area contributed by atoms with E-state index in [1.807, 2.05) is 25.7 Å². The first-order chi connectivity index (χ1) is 8.78. The smallest absolute Gasteiger partial charge is 0.410 e. The summed E-state index contributed by atoms with van der Waals surface area (Å²) in [6.07, 6.45) is 1.90. The van der Waals surface area contributed by atoms with Gasteiger partial charge in [-0.2, -0.15) is 0 Å². The Morgan fingerprint density at radius 1 is 1.21 bits per heavy atom. The molecule has 2 atom stereocenters. The van der Waals surface area contributed by atoms with Crippen molar-refractivity contribution in [3.05, 3.63) is 0 Å². The molecule has 0 saturated carbocycles. The van der Waals surface area contributed by atoms with Crippen LogP contribution in [0.15, 0.2) is 0 Å². The van der Waals surface area contributed by atoms with Gasteiger partial charge in [0.05, 0.1) is 25.3 Å². The Morgan fingerprint density at radius 2 is 1.74 bits per heavy atom. The maximum Gasteiger partial charge on any atom is 0.410 e. The monoisotopic (exact) mass is 269 g/mol. The highest BCUT2D eigenvalue weighted by molar-refractivity contribution is 5.69. The molecule has 2 heterocycles. The van der Waals surface area contributed by atoms with Crippen LogP contribution in [0.1, 0.15) is 47.5 Å². The largest absolute Gasteiger partial charge is 0.444 e. The third kappa shape index (κ3) is 3.41. The van der Waals surface area contributed by atoms with E-state index in [1.165, 1.54) is 0 Å². The first-order valence-electron chi connectivity index (χ1n) is 7.37. The Morgan fingerprint density at radius 3 is 2.16 bits per heavy atom. The van der Waals surface area contributed by atoms with E-state index >= 15 is 0 Å². The fraction of sp³-hybridized carbons (Fsp3) is 0.933. The molecule has 0 radical (unpaired) electrons. The molecule has 1 amide bonds. The maximum absolute atomic E-state index is 12.4. The quantitative estimate of drug-likeness (QED) is 0.734. The normalized spacial score (nSPS) is 31.5. The molecule has 0 aliphatic carbocycles. The summed E-state index contributed by atoms with van der Waals surface area (Å²) in [6, 6.07) is 0.379. The number of morpholine rings is 1. The molecule has 0 aromatic heterocycles. The third-order valence-corrected chi connectivity index (χ3v) is 4.10. The topological polar surface area (TPSA) is 38.8 Å². The molecule has 0 aromatic carbocycles. The average Bonchev–Trinajstić information content (AvgIpc) is 2.24. The molecule has 2 unspecified atom stereocenters. The lowest BCUT2D eigenvalue weighted by Crippen LogP contribution is -2.60. The van der Waals surface area contributed by atoms with Gasteiger partial charge in [-0.25, -0.2) is 4.79 Å². The van der Waals surface area contributed by atoms with Crippen molar-refractivity contribution in [2.45, 2.75) is 65.1 Å². The Balaban J connectivity index is 2.08. The minimum atomic E-state index is -0.429. The molecule has 110 valence electrons. The van der Waals surface area contributed by atoms with E-state index in [4.69, 9.17) is 9.47 Å². The van der Waals surface area contributed by atoms with Gasteiger partial charge in [-0.05, 0) is 45.4 Å². The molecule has 2 fully saturated rings. The summed E-state index contributed by atoms with van der Waals surface area (Å²) in [4.78, 5) is 14.3. The van der Waals surface area contributed by atoms with E-state index in [2.05, 4.69) is 13.8 Å². The SMILES string of the molecule is CC(C)C1CC2COCC(C1)N2C(=O)OC(C)(C)C. The fourth-order valence-electron chi connectivity index (χ4n) is 3.11. The van der Waals surface area contributed by atoms with Gasteiger partial charge in [0, 0.05) is 0 Å². The number of hydrogen-bond donors (Lipinski definition) is 0. The molecule has 2 aliphatic rings. The number of fused-ring (bicyclic) bond motifs is 2. The van der Waals surface area contributed by atoms with Crippen LogP contribution < -0.4 is 0 Å². The molecular weight excluding hydrogens is 242 g/mol. The van der Waals surface area contributed by atoms with Crippen molar-refractivity contribution in [3.8, 4) is 0 Å². The van der Waals surface area contributed by atoms with Gasteiger partial charge in [0.2, 0.25) is 0 Å². The first kappa shape index (κ1) is 14.6. The van der Waals surface area contributed by atoms with E-state index in [9.17, 15) is 4.79 Å². The first-order valence-corrected chi connectivity index (χ1v) is 7.37. The summed E-state index contributed by atoms with van der Waals surface area (Å²) < 4.78 is 11.2. The van der Waals surface area contributed by atoms with Crippen LogP contribution in [0.2, 0.25) is 0 Å². The molecule has 2 rings (SSSR count). The van der Waals surface area contributed by atoms with Gasteiger partial charge in [-0.15, -0.1) is 0 Å². The highest BCUT2D eigenvalue weighted by atomic mass is 16.6. The van der Waals surface area contributed by atoms with E-state index in [-0.39, 0.29) is 18.2 Å². The van der Waals surface area contributed by atoms with Gasteiger partial charge in [0.1, 0.15) is 5.60 Å². The van der Waals surface area contributed by atoms with Crippen molar-refractivity contribution in [3.63, 3.8) is 0 Å². The van der Waals surface area contributed by atoms with Gasteiger partial charge in [-0.3, -0.25) is 4.90 Å². The number of hydrogen-bond acceptors (Lipinski definition) is 3. The van der Waals surface area contributed by atoms with E-state index in [1.54, 1.807) is 0 Å². The van der Waals surface area contributed by atoms with Gasteiger partial charge in [0.25, 0.3) is 0 Å². The molecular formula is C15H27NO3. The van der Waals surface area contributed by atoms with Gasteiger partial charge in [-0.1, -0.05) is 13.8 Å². The summed E-state index contributed by atoms with van der Waals surface area (Å²) in [7, 11) is 0. The highest BCUT2D eigenvalue weighted by Crippen LogP contribution is 2.36. The van der Waals surface area contributed by atoms with Gasteiger partial charge >= 0.3 is 6.09 Å². The summed E-state index contributed by atoms with van der Waals surface area (Å²) in [6.45, 7) is 11.6. The molecule has 0 aromatic rings. The van der Waals surface area contributed by atoms with Gasteiger partial charge < -0.3 is 9.47 Å². The number of rotatable bonds is 1. The standard InChI is InChI=1S/C15H27NO3/c1-10(2)11-6-12-8-18-9-13(7-11)16(12)14(17)19-15(3,4)5/h10-13H,6-9H2,1-5H3. The molecule has 19 heavy (non-hydrogen) atoms. The molecule has 0 N–H and O–H groups in total. The summed E-state index contributed by atoms with van der Waals surface area (Å²) in [5.41, 5.74) is -0.429. The minimum Gasteiger partial charge on any atom is -0.444 e. The van der Waals surface area contributed by atoms with Crippen LogP contribution in [0.3, 0.4) is 0 Å². The number of piperidine rings is 1. The lowest BCUT2D eigenvalue weighted by molar-refractivity contribution is -0.0938. The summed E-state index contributed by atoms with van der Waals surface area (Å²) in [5.74, 6) is 1.36. The van der Waals surface area contributed by atoms with E-state index < -0.39 is 5.60 Å². The third-order valence-electron chi connectivity index (χ3n) is 4.10. The van der Waals surface area contributed by atoms with Crippen molar-refractivity contribution in [2.24, 2.45) is 11.8 Å². The zero-order valence-electron chi connectivity index (χ0n) is 12.8. The number of amides is 1. The van der Waals surface area contributed by atoms with Crippen molar-refractivity contribution in [1.29, 1.82) is 0 Å². The van der Waals surface area contributed by atoms with Crippen LogP contribution in [-0.4, -0.2) is 41.9 Å². The lowest BCUT2D eigenvalue weighted by atomic mass is 9.79. The van der Waals surface area contributed by atoms with Crippen molar-refractivity contribution >= 4 is 6.09 Å². The number of nitrogens with zero attached hydrogens (tertiary/aromatic N) is 1. The summed E-state index contributed by atoms with van der Waals surface area (Å²) >= 11 is 0. The van der Waals surface area contributed by atoms with Gasteiger partial charge in [0.15, 0.2) is 0 Å². The van der Waals surface area contributed by atoms with Crippen LogP contribution >= 0.6 is 0 Å². The van der Waals surface area contributed by atoms with Crippen LogP contribution in [0.25, 0.3) is 0 Å². The van der Waals surface area contributed by atoms with Crippen LogP contribution in [0.4, 0.5) is 4.79 Å². The second-order valence-corrected chi connectivity index (χ2v) is 7.21. The Hall–Kier alpha value is -0.770. The maximum atomic E-state index is 12.4. The van der Waals surface area contributed by atoms with Crippen molar-refractivity contribution < 1.29 is 14.3 Å². The number of carbonyl (C=O) groups is 1. The highest BCUT2D eigenvalue weighted by Gasteiger charge is 2.43. The second kappa shape index (κ2) is 5.31. The van der Waals surface area contributed by atoms with Crippen LogP contribution in [-0.2, 0) is 9.47 Å². The Labute approximate surface area is 116 Å². The van der Waals surface area contributed by atoms with Crippen molar-refractivity contribution in [2.75, 3.05) is 13.2 Å². The Kier molecular flexibility index (Phi) is 4.09. The molecule has 4 heteroatoms. The predicted molar refractivity (Wildman–Crippen MR) is 74.0 cm³/mol. The molecule has 2 aliphatic heterocycles. The zero-order valence-corrected chi connectivity index (χ0v) is 12.8. The zero-order chi connectivity index (χ0) is 14.2. The average molecular weight is 269 g/mol. The molecule has 0 spiro atoms. The second-order valence-electron chi connectivity index (χ2n) is 7.21. The van der Waals surface area contributed by atoms with Crippen LogP contribution in [0.5, 0.6) is 0 Å². The van der Waals surface area contributed by atoms with E-state index in [0.29, 0.717) is 25.0 Å². The fourth-order valence-corrected chi connectivity index (χ4v) is 3.11. The predicted octanol–water partition coefficient (Wildman–Crippen LogP) is 3.06.